The fourth-order valence-corrected chi connectivity index (χ4v) is 3.06. The second-order valence-electron chi connectivity index (χ2n) is 6.81. The highest BCUT2D eigenvalue weighted by atomic mass is 19.4. The summed E-state index contributed by atoms with van der Waals surface area (Å²) in [5.74, 6) is 0. The summed E-state index contributed by atoms with van der Waals surface area (Å²) in [7, 11) is 0. The van der Waals surface area contributed by atoms with Gasteiger partial charge in [0.2, 0.25) is 5.67 Å². The van der Waals surface area contributed by atoms with Crippen LogP contribution >= 0.6 is 0 Å². The lowest BCUT2D eigenvalue weighted by Crippen LogP contribution is -2.49. The standard InChI is InChI=1S/C22H25F4NO/c1-2-21(23,22(24,25)26)20(28)14-9-15-27(16-18-10-5-3-6-11-18)17-19-12-7-4-8-13-19/h2-8,10-13,20,28H,1,9,14-17H2/t20-,21+/m0/s1. The van der Waals surface area contributed by atoms with Crippen molar-refractivity contribution in [3.05, 3.63) is 84.4 Å². The highest BCUT2D eigenvalue weighted by molar-refractivity contribution is 5.17. The lowest BCUT2D eigenvalue weighted by Gasteiger charge is -2.30. The van der Waals surface area contributed by atoms with Gasteiger partial charge in [0.1, 0.15) is 6.10 Å². The molecule has 1 N–H and O–H groups in total. The van der Waals surface area contributed by atoms with E-state index in [-0.39, 0.29) is 18.9 Å². The first-order chi connectivity index (χ1) is 13.3. The van der Waals surface area contributed by atoms with Crippen LogP contribution in [-0.4, -0.2) is 34.5 Å². The van der Waals surface area contributed by atoms with Crippen LogP contribution in [0.4, 0.5) is 17.6 Å². The van der Waals surface area contributed by atoms with Gasteiger partial charge in [-0.15, -0.1) is 0 Å². The van der Waals surface area contributed by atoms with Crippen molar-refractivity contribution in [2.75, 3.05) is 6.54 Å². The molecule has 0 aliphatic carbocycles. The van der Waals surface area contributed by atoms with Crippen molar-refractivity contribution in [2.45, 2.75) is 43.9 Å². The van der Waals surface area contributed by atoms with Gasteiger partial charge in [-0.25, -0.2) is 4.39 Å². The molecule has 0 radical (unpaired) electrons. The minimum absolute atomic E-state index is 0.142. The van der Waals surface area contributed by atoms with Crippen LogP contribution in [0.25, 0.3) is 0 Å². The van der Waals surface area contributed by atoms with Crippen molar-refractivity contribution in [2.24, 2.45) is 0 Å². The third-order valence-electron chi connectivity index (χ3n) is 4.67. The first-order valence-electron chi connectivity index (χ1n) is 9.14. The predicted octanol–water partition coefficient (Wildman–Crippen LogP) is 5.29. The van der Waals surface area contributed by atoms with E-state index in [4.69, 9.17) is 0 Å². The van der Waals surface area contributed by atoms with Crippen molar-refractivity contribution >= 4 is 0 Å². The zero-order chi connectivity index (χ0) is 20.6. The van der Waals surface area contributed by atoms with E-state index in [1.165, 1.54) is 0 Å². The fourth-order valence-electron chi connectivity index (χ4n) is 3.06. The molecule has 6 heteroatoms. The molecule has 0 aliphatic rings. The molecule has 0 saturated carbocycles. The van der Waals surface area contributed by atoms with Crippen LogP contribution in [0.2, 0.25) is 0 Å². The Kier molecular flexibility index (Phi) is 7.78. The summed E-state index contributed by atoms with van der Waals surface area (Å²) in [5, 5.41) is 9.81. The van der Waals surface area contributed by atoms with E-state index in [1.54, 1.807) is 0 Å². The Labute approximate surface area is 163 Å². The van der Waals surface area contributed by atoms with Crippen molar-refractivity contribution in [1.29, 1.82) is 0 Å². The summed E-state index contributed by atoms with van der Waals surface area (Å²) in [4.78, 5) is 2.07. The molecular formula is C22H25F4NO. The SMILES string of the molecule is C=C[C@@](F)([C@@H](O)CCCN(Cc1ccccc1)Cc1ccccc1)C(F)(F)F. The largest absolute Gasteiger partial charge is 0.428 e. The molecule has 2 aromatic carbocycles. The van der Waals surface area contributed by atoms with Gasteiger partial charge in [-0.1, -0.05) is 67.2 Å². The second kappa shape index (κ2) is 9.85. The third kappa shape index (κ3) is 5.91. The molecule has 0 spiro atoms. The van der Waals surface area contributed by atoms with Gasteiger partial charge < -0.3 is 5.11 Å². The molecule has 0 amide bonds. The molecular weight excluding hydrogens is 370 g/mol. The number of aliphatic hydroxyl groups is 1. The van der Waals surface area contributed by atoms with Gasteiger partial charge in [-0.05, 0) is 36.6 Å². The second-order valence-corrected chi connectivity index (χ2v) is 6.81. The van der Waals surface area contributed by atoms with E-state index in [1.807, 2.05) is 60.7 Å². The lowest BCUT2D eigenvalue weighted by atomic mass is 9.94. The average molecular weight is 395 g/mol. The summed E-state index contributed by atoms with van der Waals surface area (Å²) >= 11 is 0. The van der Waals surface area contributed by atoms with Crippen molar-refractivity contribution in [3.63, 3.8) is 0 Å². The number of halogens is 4. The molecule has 2 nitrogen and oxygen atoms in total. The maximum Gasteiger partial charge on any atom is 0.428 e. The molecule has 2 atom stereocenters. The molecule has 152 valence electrons. The third-order valence-corrected chi connectivity index (χ3v) is 4.67. The van der Waals surface area contributed by atoms with Gasteiger partial charge in [-0.2, -0.15) is 13.2 Å². The van der Waals surface area contributed by atoms with E-state index in [0.717, 1.165) is 11.1 Å². The Balaban J connectivity index is 2.00. The van der Waals surface area contributed by atoms with Crippen LogP contribution in [-0.2, 0) is 13.1 Å². The number of nitrogens with zero attached hydrogens (tertiary/aromatic N) is 1. The van der Waals surface area contributed by atoms with Gasteiger partial charge in [-0.3, -0.25) is 4.90 Å². The molecule has 0 heterocycles. The fraction of sp³-hybridized carbons (Fsp3) is 0.364. The number of hydrogen-bond donors (Lipinski definition) is 1. The van der Waals surface area contributed by atoms with Crippen LogP contribution in [0.5, 0.6) is 0 Å². The Hall–Kier alpha value is -2.18. The molecule has 0 fully saturated rings. The zero-order valence-corrected chi connectivity index (χ0v) is 15.6. The number of benzene rings is 2. The Bertz CT molecular complexity index is 679. The maximum absolute atomic E-state index is 14.1. The Morgan fingerprint density at radius 1 is 0.893 bits per heavy atom. The van der Waals surface area contributed by atoms with Gasteiger partial charge in [0.25, 0.3) is 0 Å². The van der Waals surface area contributed by atoms with Gasteiger partial charge in [0.15, 0.2) is 0 Å². The van der Waals surface area contributed by atoms with Crippen LogP contribution in [0.3, 0.4) is 0 Å². The molecule has 0 saturated heterocycles. The average Bonchev–Trinajstić information content (AvgIpc) is 2.67. The summed E-state index contributed by atoms with van der Waals surface area (Å²) in [5.41, 5.74) is -1.66. The van der Waals surface area contributed by atoms with E-state index in [0.29, 0.717) is 19.6 Å². The highest BCUT2D eigenvalue weighted by Crippen LogP contribution is 2.39. The number of hydrogen-bond acceptors (Lipinski definition) is 2. The summed E-state index contributed by atoms with van der Waals surface area (Å²) in [6.45, 7) is 4.54. The molecule has 28 heavy (non-hydrogen) atoms. The quantitative estimate of drug-likeness (QED) is 0.437. The van der Waals surface area contributed by atoms with Gasteiger partial charge >= 0.3 is 6.18 Å². The van der Waals surface area contributed by atoms with E-state index < -0.39 is 17.9 Å². The molecule has 0 aromatic heterocycles. The van der Waals surface area contributed by atoms with Crippen molar-refractivity contribution < 1.29 is 22.7 Å². The normalized spacial score (nSPS) is 15.2. The lowest BCUT2D eigenvalue weighted by molar-refractivity contribution is -0.240. The maximum atomic E-state index is 14.1. The van der Waals surface area contributed by atoms with Crippen LogP contribution in [0, 0.1) is 0 Å². The molecule has 2 aromatic rings. The van der Waals surface area contributed by atoms with Gasteiger partial charge in [0.05, 0.1) is 0 Å². The predicted molar refractivity (Wildman–Crippen MR) is 102 cm³/mol. The first-order valence-corrected chi connectivity index (χ1v) is 9.14. The number of rotatable bonds is 10. The molecule has 0 unspecified atom stereocenters. The minimum Gasteiger partial charge on any atom is -0.389 e. The minimum atomic E-state index is -5.19. The number of aliphatic hydroxyl groups excluding tert-OH is 1. The topological polar surface area (TPSA) is 23.5 Å². The zero-order valence-electron chi connectivity index (χ0n) is 15.6. The molecule has 0 bridgehead atoms. The highest BCUT2D eigenvalue weighted by Gasteiger charge is 2.58. The smallest absolute Gasteiger partial charge is 0.389 e. The van der Waals surface area contributed by atoms with Crippen LogP contribution in [0.15, 0.2) is 73.3 Å². The Morgan fingerprint density at radius 3 is 1.75 bits per heavy atom. The Morgan fingerprint density at radius 2 is 1.36 bits per heavy atom. The molecule has 0 aliphatic heterocycles. The number of alkyl halides is 4. The van der Waals surface area contributed by atoms with Crippen LogP contribution < -0.4 is 0 Å². The monoisotopic (exact) mass is 395 g/mol. The van der Waals surface area contributed by atoms with E-state index in [9.17, 15) is 22.7 Å². The summed E-state index contributed by atoms with van der Waals surface area (Å²) in [6, 6.07) is 19.4. The van der Waals surface area contributed by atoms with Gasteiger partial charge in [0, 0.05) is 13.1 Å². The summed E-state index contributed by atoms with van der Waals surface area (Å²) < 4.78 is 52.8. The summed E-state index contributed by atoms with van der Waals surface area (Å²) in [6.07, 6.45) is -7.33. The molecule has 2 rings (SSSR count). The van der Waals surface area contributed by atoms with E-state index >= 15 is 0 Å². The van der Waals surface area contributed by atoms with Crippen molar-refractivity contribution in [1.82, 2.24) is 4.90 Å². The van der Waals surface area contributed by atoms with Crippen molar-refractivity contribution in [3.8, 4) is 0 Å². The van der Waals surface area contributed by atoms with E-state index in [2.05, 4.69) is 11.5 Å². The first kappa shape index (κ1) is 22.1. The van der Waals surface area contributed by atoms with Crippen LogP contribution in [0.1, 0.15) is 24.0 Å².